The lowest BCUT2D eigenvalue weighted by Gasteiger charge is -2.29. The van der Waals surface area contributed by atoms with Gasteiger partial charge in [0.1, 0.15) is 5.69 Å². The molecule has 0 unspecified atom stereocenters. The number of aromatic nitrogens is 2. The lowest BCUT2D eigenvalue weighted by Crippen LogP contribution is -2.42. The first-order valence-corrected chi connectivity index (χ1v) is 10.0. The number of fused-ring (bicyclic) bond motifs is 1. The first-order chi connectivity index (χ1) is 13.0. The lowest BCUT2D eigenvalue weighted by atomic mass is 9.73. The Kier molecular flexibility index (Phi) is 4.84. The third-order valence-electron chi connectivity index (χ3n) is 6.42. The van der Waals surface area contributed by atoms with E-state index >= 15 is 0 Å². The van der Waals surface area contributed by atoms with Crippen LogP contribution in [-0.2, 0) is 4.74 Å². The number of imidazole rings is 1. The largest absolute Gasteiger partial charge is 0.369 e. The molecule has 4 atom stereocenters. The Hall–Kier alpha value is -2.09. The molecule has 3 saturated heterocycles. The quantitative estimate of drug-likeness (QED) is 0.655. The first kappa shape index (κ1) is 18.3. The fourth-order valence-corrected chi connectivity index (χ4v) is 4.98. The molecule has 1 spiro atoms. The summed E-state index contributed by atoms with van der Waals surface area (Å²) >= 11 is 0. The molecule has 8 heteroatoms. The van der Waals surface area contributed by atoms with Crippen LogP contribution < -0.4 is 10.6 Å². The number of rotatable bonds is 6. The van der Waals surface area contributed by atoms with Crippen molar-refractivity contribution in [3.8, 4) is 0 Å². The van der Waals surface area contributed by atoms with Crippen molar-refractivity contribution in [3.63, 3.8) is 0 Å². The Bertz CT molecular complexity index is 720. The first-order valence-electron chi connectivity index (χ1n) is 10.0. The average molecular weight is 375 g/mol. The lowest BCUT2D eigenvalue weighted by molar-refractivity contribution is 0.00554. The summed E-state index contributed by atoms with van der Waals surface area (Å²) in [6, 6.07) is 0.00853. The Morgan fingerprint density at radius 2 is 2.30 bits per heavy atom. The van der Waals surface area contributed by atoms with Crippen LogP contribution in [-0.4, -0.2) is 64.7 Å². The van der Waals surface area contributed by atoms with E-state index in [0.717, 1.165) is 37.9 Å². The summed E-state index contributed by atoms with van der Waals surface area (Å²) in [6.45, 7) is 6.60. The van der Waals surface area contributed by atoms with Gasteiger partial charge in [0, 0.05) is 37.2 Å². The van der Waals surface area contributed by atoms with Crippen molar-refractivity contribution >= 4 is 11.9 Å². The van der Waals surface area contributed by atoms with Crippen molar-refractivity contribution in [2.45, 2.75) is 51.2 Å². The monoisotopic (exact) mass is 375 g/mol. The van der Waals surface area contributed by atoms with Gasteiger partial charge in [0.2, 0.25) is 0 Å². The molecule has 0 saturated carbocycles. The highest BCUT2D eigenvalue weighted by Gasteiger charge is 2.63. The predicted molar refractivity (Wildman–Crippen MR) is 99.4 cm³/mol. The van der Waals surface area contributed by atoms with E-state index in [1.54, 1.807) is 0 Å². The number of urea groups is 1. The SMILES string of the molecule is CCCCNC(=O)N1C[C@@H]2[C@H](CNC(=O)c3nc[nH]c3C)[C@H]3CC[C@]2(C1)O3. The molecule has 3 aliphatic rings. The zero-order chi connectivity index (χ0) is 19.0. The van der Waals surface area contributed by atoms with E-state index in [4.69, 9.17) is 4.74 Å². The van der Waals surface area contributed by atoms with Crippen LogP contribution >= 0.6 is 0 Å². The number of H-pyrrole nitrogens is 1. The Morgan fingerprint density at radius 3 is 3.04 bits per heavy atom. The second-order valence-corrected chi connectivity index (χ2v) is 8.08. The maximum atomic E-state index is 12.5. The molecule has 3 fully saturated rings. The van der Waals surface area contributed by atoms with E-state index in [9.17, 15) is 9.59 Å². The molecule has 148 valence electrons. The molecule has 3 N–H and O–H groups in total. The third kappa shape index (κ3) is 3.20. The van der Waals surface area contributed by atoms with Gasteiger partial charge in [-0.15, -0.1) is 0 Å². The van der Waals surface area contributed by atoms with E-state index in [2.05, 4.69) is 27.5 Å². The summed E-state index contributed by atoms with van der Waals surface area (Å²) in [6.07, 6.45) is 5.78. The molecule has 1 aromatic heterocycles. The van der Waals surface area contributed by atoms with Gasteiger partial charge < -0.3 is 25.3 Å². The molecular weight excluding hydrogens is 346 g/mol. The molecule has 0 aromatic carbocycles. The number of unbranched alkanes of at least 4 members (excludes halogenated alkanes) is 1. The maximum absolute atomic E-state index is 12.5. The zero-order valence-electron chi connectivity index (χ0n) is 16.1. The van der Waals surface area contributed by atoms with Crippen molar-refractivity contribution in [3.05, 3.63) is 17.7 Å². The van der Waals surface area contributed by atoms with Crippen LogP contribution in [0.2, 0.25) is 0 Å². The van der Waals surface area contributed by atoms with Gasteiger partial charge in [-0.05, 0) is 26.2 Å². The standard InChI is InChI=1S/C19H29N5O3/c1-3-4-7-20-18(26)24-9-14-13(15-5-6-19(14,10-24)27-15)8-21-17(25)16-12(2)22-11-23-16/h11,13-15H,3-10H2,1-2H3,(H,20,26)(H,21,25)(H,22,23)/t13-,14+,15+,19+/m0/s1. The van der Waals surface area contributed by atoms with Crippen molar-refractivity contribution in [1.29, 1.82) is 0 Å². The number of likely N-dealkylation sites (tertiary alicyclic amines) is 1. The minimum absolute atomic E-state index is 0.00853. The molecule has 2 bridgehead atoms. The highest BCUT2D eigenvalue weighted by Crippen LogP contribution is 2.54. The van der Waals surface area contributed by atoms with Gasteiger partial charge >= 0.3 is 6.03 Å². The molecule has 8 nitrogen and oxygen atoms in total. The summed E-state index contributed by atoms with van der Waals surface area (Å²) in [5.74, 6) is 0.377. The number of amides is 3. The Morgan fingerprint density at radius 1 is 1.44 bits per heavy atom. The van der Waals surface area contributed by atoms with Crippen LogP contribution in [0.4, 0.5) is 4.79 Å². The summed E-state index contributed by atoms with van der Waals surface area (Å²) in [4.78, 5) is 33.8. The molecule has 0 radical (unpaired) electrons. The molecule has 1 aromatic rings. The molecule has 3 aliphatic heterocycles. The minimum atomic E-state index is -0.218. The van der Waals surface area contributed by atoms with Crippen molar-refractivity contribution in [2.75, 3.05) is 26.2 Å². The van der Waals surface area contributed by atoms with E-state index < -0.39 is 0 Å². The van der Waals surface area contributed by atoms with Gasteiger partial charge in [-0.1, -0.05) is 13.3 Å². The zero-order valence-corrected chi connectivity index (χ0v) is 16.1. The minimum Gasteiger partial charge on any atom is -0.369 e. The number of aryl methyl sites for hydroxylation is 1. The number of aromatic amines is 1. The van der Waals surface area contributed by atoms with Gasteiger partial charge in [-0.25, -0.2) is 9.78 Å². The molecular formula is C19H29N5O3. The van der Waals surface area contributed by atoms with Crippen LogP contribution in [0.3, 0.4) is 0 Å². The number of ether oxygens (including phenoxy) is 1. The number of nitrogens with zero attached hydrogens (tertiary/aromatic N) is 2. The molecule has 27 heavy (non-hydrogen) atoms. The summed E-state index contributed by atoms with van der Waals surface area (Å²) in [7, 11) is 0. The Labute approximate surface area is 159 Å². The van der Waals surface area contributed by atoms with E-state index in [-0.39, 0.29) is 35.5 Å². The van der Waals surface area contributed by atoms with Gasteiger partial charge in [0.05, 0.1) is 24.6 Å². The van der Waals surface area contributed by atoms with Crippen LogP contribution in [0.5, 0.6) is 0 Å². The predicted octanol–water partition coefficient (Wildman–Crippen LogP) is 1.44. The Balaban J connectivity index is 1.37. The second kappa shape index (κ2) is 7.14. The molecule has 4 rings (SSSR count). The highest BCUT2D eigenvalue weighted by atomic mass is 16.5. The summed E-state index contributed by atoms with van der Waals surface area (Å²) in [5, 5.41) is 6.04. The topological polar surface area (TPSA) is 99.4 Å². The second-order valence-electron chi connectivity index (χ2n) is 8.08. The smallest absolute Gasteiger partial charge is 0.317 e. The number of carbonyl (C=O) groups excluding carboxylic acids is 2. The summed E-state index contributed by atoms with van der Waals surface area (Å²) in [5.41, 5.74) is 0.991. The van der Waals surface area contributed by atoms with E-state index in [1.165, 1.54) is 6.33 Å². The van der Waals surface area contributed by atoms with Crippen LogP contribution in [0.15, 0.2) is 6.33 Å². The number of nitrogens with one attached hydrogen (secondary N) is 3. The van der Waals surface area contributed by atoms with Gasteiger partial charge in [0.15, 0.2) is 0 Å². The average Bonchev–Trinajstić information content (AvgIpc) is 3.39. The van der Waals surface area contributed by atoms with E-state index in [1.807, 2.05) is 11.8 Å². The molecule has 4 heterocycles. The van der Waals surface area contributed by atoms with Crippen molar-refractivity contribution in [1.82, 2.24) is 25.5 Å². The van der Waals surface area contributed by atoms with Crippen LogP contribution in [0.25, 0.3) is 0 Å². The fraction of sp³-hybridized carbons (Fsp3) is 0.737. The van der Waals surface area contributed by atoms with Gasteiger partial charge in [-0.2, -0.15) is 0 Å². The van der Waals surface area contributed by atoms with Gasteiger partial charge in [0.25, 0.3) is 5.91 Å². The highest BCUT2D eigenvalue weighted by molar-refractivity contribution is 5.93. The normalized spacial score (nSPS) is 31.2. The van der Waals surface area contributed by atoms with Crippen molar-refractivity contribution in [2.24, 2.45) is 11.8 Å². The third-order valence-corrected chi connectivity index (χ3v) is 6.42. The molecule has 3 amide bonds. The molecule has 0 aliphatic carbocycles. The number of hydrogen-bond donors (Lipinski definition) is 3. The van der Waals surface area contributed by atoms with Gasteiger partial charge in [-0.3, -0.25) is 4.79 Å². The fourth-order valence-electron chi connectivity index (χ4n) is 4.98. The summed E-state index contributed by atoms with van der Waals surface area (Å²) < 4.78 is 6.35. The number of carbonyl (C=O) groups is 2. The van der Waals surface area contributed by atoms with Crippen LogP contribution in [0, 0.1) is 18.8 Å². The number of hydrogen-bond acceptors (Lipinski definition) is 4. The van der Waals surface area contributed by atoms with Crippen molar-refractivity contribution < 1.29 is 14.3 Å². The van der Waals surface area contributed by atoms with E-state index in [0.29, 0.717) is 25.3 Å². The van der Waals surface area contributed by atoms with Crippen LogP contribution in [0.1, 0.15) is 48.8 Å². The maximum Gasteiger partial charge on any atom is 0.317 e.